The Morgan fingerprint density at radius 3 is 2.47 bits per heavy atom. The molecule has 2 aromatic heterocycles. The molecule has 0 saturated heterocycles. The minimum absolute atomic E-state index is 0.186. The molecule has 5 rings (SSSR count). The predicted molar refractivity (Wildman–Crippen MR) is 117 cm³/mol. The molecule has 0 spiro atoms. The number of para-hydroxylation sites is 2. The summed E-state index contributed by atoms with van der Waals surface area (Å²) in [7, 11) is 0. The molecule has 1 amide bonds. The molecule has 1 aliphatic carbocycles. The molecular formula is C24H21N5O. The SMILES string of the molecule is O=C(/C=C/c1cnn(-c2ccccc2)c1)Nc1c2c(nn1-c1ccccc1)CCC2. The van der Waals surface area contributed by atoms with E-state index in [1.165, 1.54) is 6.08 Å². The van der Waals surface area contributed by atoms with Crippen molar-refractivity contribution in [2.45, 2.75) is 19.3 Å². The quantitative estimate of drug-likeness (QED) is 0.515. The van der Waals surface area contributed by atoms with Crippen LogP contribution in [0, 0.1) is 0 Å². The molecule has 1 N–H and O–H groups in total. The third-order valence-corrected chi connectivity index (χ3v) is 5.20. The molecule has 0 saturated carbocycles. The summed E-state index contributed by atoms with van der Waals surface area (Å²) in [6.07, 6.45) is 9.90. The minimum Gasteiger partial charge on any atom is -0.307 e. The lowest BCUT2D eigenvalue weighted by molar-refractivity contribution is -0.111. The topological polar surface area (TPSA) is 64.7 Å². The van der Waals surface area contributed by atoms with Gasteiger partial charge in [-0.25, -0.2) is 9.36 Å². The summed E-state index contributed by atoms with van der Waals surface area (Å²) in [6, 6.07) is 19.8. The Hall–Kier alpha value is -3.93. The Balaban J connectivity index is 1.36. The average Bonchev–Trinajstić information content (AvgIpc) is 3.51. The Bertz CT molecular complexity index is 1210. The molecule has 1 aliphatic rings. The smallest absolute Gasteiger partial charge is 0.249 e. The van der Waals surface area contributed by atoms with E-state index in [0.717, 1.165) is 53.3 Å². The van der Waals surface area contributed by atoms with Crippen molar-refractivity contribution < 1.29 is 4.79 Å². The lowest BCUT2D eigenvalue weighted by Crippen LogP contribution is -2.13. The lowest BCUT2D eigenvalue weighted by atomic mass is 10.2. The van der Waals surface area contributed by atoms with Gasteiger partial charge in [-0.2, -0.15) is 10.2 Å². The molecule has 0 radical (unpaired) electrons. The van der Waals surface area contributed by atoms with E-state index in [0.29, 0.717) is 0 Å². The van der Waals surface area contributed by atoms with Crippen LogP contribution in [0.25, 0.3) is 17.5 Å². The number of fused-ring (bicyclic) bond motifs is 1. The van der Waals surface area contributed by atoms with Crippen molar-refractivity contribution in [3.8, 4) is 11.4 Å². The number of carbonyl (C=O) groups is 1. The Morgan fingerprint density at radius 1 is 0.967 bits per heavy atom. The van der Waals surface area contributed by atoms with E-state index in [4.69, 9.17) is 5.10 Å². The van der Waals surface area contributed by atoms with Gasteiger partial charge in [0.2, 0.25) is 5.91 Å². The molecule has 0 bridgehead atoms. The van der Waals surface area contributed by atoms with Gasteiger partial charge in [-0.1, -0.05) is 36.4 Å². The number of anilines is 1. The Kier molecular flexibility index (Phi) is 4.73. The van der Waals surface area contributed by atoms with E-state index in [-0.39, 0.29) is 5.91 Å². The van der Waals surface area contributed by atoms with Crippen molar-refractivity contribution in [2.75, 3.05) is 5.32 Å². The second-order valence-corrected chi connectivity index (χ2v) is 7.25. The van der Waals surface area contributed by atoms with Crippen LogP contribution >= 0.6 is 0 Å². The zero-order valence-electron chi connectivity index (χ0n) is 16.4. The molecule has 4 aromatic rings. The second kappa shape index (κ2) is 7.83. The normalized spacial score (nSPS) is 12.9. The number of benzene rings is 2. The van der Waals surface area contributed by atoms with Gasteiger partial charge in [0.1, 0.15) is 5.82 Å². The number of aromatic nitrogens is 4. The third-order valence-electron chi connectivity index (χ3n) is 5.20. The van der Waals surface area contributed by atoms with Crippen LogP contribution < -0.4 is 5.32 Å². The molecular weight excluding hydrogens is 374 g/mol. The lowest BCUT2D eigenvalue weighted by Gasteiger charge is -2.09. The monoisotopic (exact) mass is 395 g/mol. The van der Waals surface area contributed by atoms with Crippen LogP contribution in [-0.2, 0) is 17.6 Å². The van der Waals surface area contributed by atoms with Gasteiger partial charge in [-0.15, -0.1) is 0 Å². The molecule has 0 unspecified atom stereocenters. The van der Waals surface area contributed by atoms with Crippen molar-refractivity contribution in [3.63, 3.8) is 0 Å². The van der Waals surface area contributed by atoms with Gasteiger partial charge in [0.15, 0.2) is 0 Å². The van der Waals surface area contributed by atoms with Gasteiger partial charge in [-0.3, -0.25) is 4.79 Å². The first-order valence-corrected chi connectivity index (χ1v) is 10.0. The maximum atomic E-state index is 12.7. The van der Waals surface area contributed by atoms with Crippen molar-refractivity contribution in [1.82, 2.24) is 19.6 Å². The fourth-order valence-electron chi connectivity index (χ4n) is 3.75. The molecule has 0 fully saturated rings. The maximum absolute atomic E-state index is 12.7. The van der Waals surface area contributed by atoms with Crippen LogP contribution in [-0.4, -0.2) is 25.5 Å². The Labute approximate surface area is 174 Å². The zero-order chi connectivity index (χ0) is 20.3. The number of amides is 1. The number of rotatable bonds is 5. The van der Waals surface area contributed by atoms with Crippen LogP contribution in [0.1, 0.15) is 23.2 Å². The highest BCUT2D eigenvalue weighted by atomic mass is 16.1. The summed E-state index contributed by atoms with van der Waals surface area (Å²) in [5.74, 6) is 0.581. The van der Waals surface area contributed by atoms with E-state index in [2.05, 4.69) is 10.4 Å². The van der Waals surface area contributed by atoms with Gasteiger partial charge in [-0.05, 0) is 49.6 Å². The number of nitrogens with zero attached hydrogens (tertiary/aromatic N) is 4. The zero-order valence-corrected chi connectivity index (χ0v) is 16.4. The van der Waals surface area contributed by atoms with Crippen molar-refractivity contribution in [2.24, 2.45) is 0 Å². The first-order valence-electron chi connectivity index (χ1n) is 10.0. The van der Waals surface area contributed by atoms with Gasteiger partial charge >= 0.3 is 0 Å². The summed E-state index contributed by atoms with van der Waals surface area (Å²) in [5.41, 5.74) is 4.98. The standard InChI is InChI=1S/C24H21N5O/c30-23(15-14-18-16-25-28(17-18)19-8-3-1-4-9-19)26-24-21-12-7-13-22(21)27-29(24)20-10-5-2-6-11-20/h1-6,8-11,14-17H,7,12-13H2,(H,26,30)/b15-14+. The van der Waals surface area contributed by atoms with Crippen LogP contribution in [0.2, 0.25) is 0 Å². The van der Waals surface area contributed by atoms with E-state index in [9.17, 15) is 4.79 Å². The molecule has 2 heterocycles. The van der Waals surface area contributed by atoms with Gasteiger partial charge in [0.25, 0.3) is 0 Å². The van der Waals surface area contributed by atoms with E-state index < -0.39 is 0 Å². The van der Waals surface area contributed by atoms with Crippen LogP contribution in [0.3, 0.4) is 0 Å². The van der Waals surface area contributed by atoms with E-state index >= 15 is 0 Å². The molecule has 6 heteroatoms. The summed E-state index contributed by atoms with van der Waals surface area (Å²) < 4.78 is 3.62. The maximum Gasteiger partial charge on any atom is 0.249 e. The van der Waals surface area contributed by atoms with Gasteiger partial charge in [0.05, 0.1) is 23.3 Å². The molecule has 2 aromatic carbocycles. The summed E-state index contributed by atoms with van der Waals surface area (Å²) in [4.78, 5) is 12.7. The first-order chi connectivity index (χ1) is 14.8. The minimum atomic E-state index is -0.186. The number of aryl methyl sites for hydroxylation is 1. The molecule has 6 nitrogen and oxygen atoms in total. The average molecular weight is 395 g/mol. The number of carbonyl (C=O) groups excluding carboxylic acids is 1. The highest BCUT2D eigenvalue weighted by molar-refractivity contribution is 6.02. The van der Waals surface area contributed by atoms with Crippen molar-refractivity contribution in [3.05, 3.63) is 96.0 Å². The molecule has 0 atom stereocenters. The fourth-order valence-corrected chi connectivity index (χ4v) is 3.75. The third kappa shape index (κ3) is 3.55. The van der Waals surface area contributed by atoms with Gasteiger partial charge in [0, 0.05) is 23.4 Å². The largest absolute Gasteiger partial charge is 0.307 e. The molecule has 148 valence electrons. The van der Waals surface area contributed by atoms with E-state index in [1.54, 1.807) is 17.0 Å². The van der Waals surface area contributed by atoms with Crippen LogP contribution in [0.15, 0.2) is 79.1 Å². The molecule has 0 aliphatic heterocycles. The van der Waals surface area contributed by atoms with Crippen LogP contribution in [0.4, 0.5) is 5.82 Å². The predicted octanol–water partition coefficient (Wildman–Crippen LogP) is 4.20. The van der Waals surface area contributed by atoms with Gasteiger partial charge < -0.3 is 5.32 Å². The summed E-state index contributed by atoms with van der Waals surface area (Å²) >= 11 is 0. The highest BCUT2D eigenvalue weighted by Gasteiger charge is 2.23. The highest BCUT2D eigenvalue weighted by Crippen LogP contribution is 2.30. The second-order valence-electron chi connectivity index (χ2n) is 7.25. The van der Waals surface area contributed by atoms with Crippen molar-refractivity contribution in [1.29, 1.82) is 0 Å². The number of nitrogens with one attached hydrogen (secondary N) is 1. The number of hydrogen-bond acceptors (Lipinski definition) is 3. The molecule has 30 heavy (non-hydrogen) atoms. The Morgan fingerprint density at radius 2 is 1.70 bits per heavy atom. The number of hydrogen-bond donors (Lipinski definition) is 1. The van der Waals surface area contributed by atoms with Crippen LogP contribution in [0.5, 0.6) is 0 Å². The summed E-state index contributed by atoms with van der Waals surface area (Å²) in [5, 5.41) is 12.1. The fraction of sp³-hybridized carbons (Fsp3) is 0.125. The summed E-state index contributed by atoms with van der Waals surface area (Å²) in [6.45, 7) is 0. The van der Waals surface area contributed by atoms with Crippen molar-refractivity contribution >= 4 is 17.8 Å². The first kappa shape index (κ1) is 18.1. The van der Waals surface area contributed by atoms with E-state index in [1.807, 2.05) is 71.5 Å².